The molecule has 1 unspecified atom stereocenters. The number of amides is 1. The van der Waals surface area contributed by atoms with Gasteiger partial charge in [-0.15, -0.1) is 0 Å². The summed E-state index contributed by atoms with van der Waals surface area (Å²) in [5, 5.41) is 3.46. The van der Waals surface area contributed by atoms with Gasteiger partial charge in [-0.1, -0.05) is 12.1 Å². The molecule has 1 saturated heterocycles. The van der Waals surface area contributed by atoms with E-state index in [4.69, 9.17) is 18.3 Å². The molecule has 4 rings (SSSR count). The van der Waals surface area contributed by atoms with E-state index in [9.17, 15) is 9.59 Å². The number of nitrogens with one attached hydrogen (secondary N) is 1. The molecule has 1 N–H and O–H groups in total. The molecule has 8 nitrogen and oxygen atoms in total. The van der Waals surface area contributed by atoms with E-state index < -0.39 is 11.5 Å². The third-order valence-corrected chi connectivity index (χ3v) is 5.00. The predicted octanol–water partition coefficient (Wildman–Crippen LogP) is 2.20. The van der Waals surface area contributed by atoms with E-state index in [1.165, 1.54) is 13.2 Å². The maximum atomic E-state index is 12.7. The van der Waals surface area contributed by atoms with Crippen molar-refractivity contribution >= 4 is 16.9 Å². The van der Waals surface area contributed by atoms with Crippen molar-refractivity contribution in [3.05, 3.63) is 64.4 Å². The first-order valence-electron chi connectivity index (χ1n) is 9.41. The van der Waals surface area contributed by atoms with Gasteiger partial charge in [0.1, 0.15) is 11.3 Å². The van der Waals surface area contributed by atoms with Gasteiger partial charge in [0.2, 0.25) is 0 Å². The van der Waals surface area contributed by atoms with Crippen molar-refractivity contribution in [2.24, 2.45) is 0 Å². The maximum Gasteiger partial charge on any atom is 0.349 e. The van der Waals surface area contributed by atoms with Crippen LogP contribution in [0, 0.1) is 0 Å². The summed E-state index contributed by atoms with van der Waals surface area (Å²) in [4.78, 5) is 27.3. The van der Waals surface area contributed by atoms with Gasteiger partial charge < -0.3 is 23.6 Å². The highest BCUT2D eigenvalue weighted by Gasteiger charge is 2.26. The van der Waals surface area contributed by atoms with Crippen molar-refractivity contribution in [2.45, 2.75) is 6.04 Å². The molecular formula is C21H22N2O6. The lowest BCUT2D eigenvalue weighted by atomic mass is 10.1. The molecule has 1 atom stereocenters. The third kappa shape index (κ3) is 4.03. The van der Waals surface area contributed by atoms with Crippen molar-refractivity contribution in [3.63, 3.8) is 0 Å². The lowest BCUT2D eigenvalue weighted by molar-refractivity contribution is 0.0118. The number of hydrogen-bond donors (Lipinski definition) is 1. The molecule has 0 radical (unpaired) electrons. The molecule has 8 heteroatoms. The Morgan fingerprint density at radius 2 is 2.07 bits per heavy atom. The van der Waals surface area contributed by atoms with E-state index in [1.807, 2.05) is 12.1 Å². The van der Waals surface area contributed by atoms with E-state index >= 15 is 0 Å². The summed E-state index contributed by atoms with van der Waals surface area (Å²) in [6, 6.07) is 10.3. The largest absolute Gasteiger partial charge is 0.493 e. The maximum absolute atomic E-state index is 12.7. The van der Waals surface area contributed by atoms with Crippen LogP contribution in [-0.4, -0.2) is 50.8 Å². The summed E-state index contributed by atoms with van der Waals surface area (Å²) >= 11 is 0. The molecule has 0 spiro atoms. The smallest absolute Gasteiger partial charge is 0.349 e. The lowest BCUT2D eigenvalue weighted by Crippen LogP contribution is -2.44. The van der Waals surface area contributed by atoms with Crippen LogP contribution in [0.15, 0.2) is 56.3 Å². The van der Waals surface area contributed by atoms with Gasteiger partial charge in [0.15, 0.2) is 11.3 Å². The second-order valence-corrected chi connectivity index (χ2v) is 6.72. The topological polar surface area (TPSA) is 94.1 Å². The number of fused-ring (bicyclic) bond motifs is 1. The summed E-state index contributed by atoms with van der Waals surface area (Å²) in [5.74, 6) is 0.701. The number of rotatable bonds is 6. The monoisotopic (exact) mass is 398 g/mol. The molecule has 0 aliphatic carbocycles. The van der Waals surface area contributed by atoms with Crippen LogP contribution in [0.1, 0.15) is 22.2 Å². The summed E-state index contributed by atoms with van der Waals surface area (Å²) in [6.07, 6.45) is 1.61. The fraction of sp³-hybridized carbons (Fsp3) is 0.333. The Balaban J connectivity index is 1.55. The van der Waals surface area contributed by atoms with Gasteiger partial charge in [0, 0.05) is 25.0 Å². The highest BCUT2D eigenvalue weighted by atomic mass is 16.5. The summed E-state index contributed by atoms with van der Waals surface area (Å²) in [5.41, 5.74) is -0.440. The minimum atomic E-state index is -0.708. The number of ether oxygens (including phenoxy) is 2. The number of methoxy groups -OCH3 is 1. The number of para-hydroxylation sites is 1. The van der Waals surface area contributed by atoms with Crippen LogP contribution in [-0.2, 0) is 4.74 Å². The Kier molecular flexibility index (Phi) is 5.64. The second-order valence-electron chi connectivity index (χ2n) is 6.72. The average Bonchev–Trinajstić information content (AvgIpc) is 3.28. The number of nitrogens with zero attached hydrogens (tertiary/aromatic N) is 1. The Morgan fingerprint density at radius 1 is 1.24 bits per heavy atom. The molecule has 2 aromatic heterocycles. The zero-order valence-corrected chi connectivity index (χ0v) is 16.1. The highest BCUT2D eigenvalue weighted by Crippen LogP contribution is 2.25. The van der Waals surface area contributed by atoms with Crippen LogP contribution in [0.2, 0.25) is 0 Å². The lowest BCUT2D eigenvalue weighted by Gasteiger charge is -2.33. The second kappa shape index (κ2) is 8.50. The minimum absolute atomic E-state index is 0.0501. The molecule has 1 aliphatic heterocycles. The van der Waals surface area contributed by atoms with Gasteiger partial charge in [0.25, 0.3) is 5.91 Å². The first-order chi connectivity index (χ1) is 14.2. The van der Waals surface area contributed by atoms with Gasteiger partial charge >= 0.3 is 5.63 Å². The third-order valence-electron chi connectivity index (χ3n) is 5.00. The van der Waals surface area contributed by atoms with Crippen molar-refractivity contribution in [1.29, 1.82) is 0 Å². The van der Waals surface area contributed by atoms with E-state index in [0.29, 0.717) is 36.5 Å². The Bertz CT molecular complexity index is 1040. The summed E-state index contributed by atoms with van der Waals surface area (Å²) in [6.45, 7) is 3.02. The predicted molar refractivity (Wildman–Crippen MR) is 105 cm³/mol. The van der Waals surface area contributed by atoms with Crippen LogP contribution in [0.5, 0.6) is 5.75 Å². The fourth-order valence-electron chi connectivity index (χ4n) is 3.50. The Morgan fingerprint density at radius 3 is 2.79 bits per heavy atom. The number of carbonyl (C=O) groups excluding carboxylic acids is 1. The molecule has 0 saturated carbocycles. The van der Waals surface area contributed by atoms with Gasteiger partial charge in [-0.3, -0.25) is 9.69 Å². The van der Waals surface area contributed by atoms with Crippen molar-refractivity contribution < 1.29 is 23.1 Å². The molecule has 152 valence electrons. The first-order valence-corrected chi connectivity index (χ1v) is 9.41. The number of benzene rings is 1. The van der Waals surface area contributed by atoms with Gasteiger partial charge in [0.05, 0.1) is 32.6 Å². The van der Waals surface area contributed by atoms with Crippen LogP contribution >= 0.6 is 0 Å². The van der Waals surface area contributed by atoms with Gasteiger partial charge in [-0.05, 0) is 24.3 Å². The quantitative estimate of drug-likeness (QED) is 0.636. The van der Waals surface area contributed by atoms with Crippen LogP contribution < -0.4 is 15.7 Å². The number of furan rings is 1. The Labute approximate surface area is 167 Å². The standard InChI is InChI=1S/C21H22N2O6/c1-26-18-5-2-4-14-12-15(21(25)29-19(14)18)20(24)22-13-16(17-6-3-9-28-17)23-7-10-27-11-8-23/h2-6,9,12,16H,7-8,10-11,13H2,1H3,(H,22,24). The number of morpholine rings is 1. The number of carbonyl (C=O) groups is 1. The van der Waals surface area contributed by atoms with E-state index in [2.05, 4.69) is 10.2 Å². The van der Waals surface area contributed by atoms with Crippen molar-refractivity contribution in [3.8, 4) is 5.75 Å². The van der Waals surface area contributed by atoms with Crippen LogP contribution in [0.25, 0.3) is 11.0 Å². The zero-order chi connectivity index (χ0) is 20.2. The molecular weight excluding hydrogens is 376 g/mol. The van der Waals surface area contributed by atoms with Crippen molar-refractivity contribution in [2.75, 3.05) is 40.0 Å². The Hall–Kier alpha value is -3.10. The molecule has 0 bridgehead atoms. The zero-order valence-electron chi connectivity index (χ0n) is 16.1. The normalized spacial score (nSPS) is 15.9. The van der Waals surface area contributed by atoms with Crippen LogP contribution in [0.4, 0.5) is 0 Å². The van der Waals surface area contributed by atoms with E-state index in [0.717, 1.165) is 18.8 Å². The van der Waals surface area contributed by atoms with Crippen molar-refractivity contribution in [1.82, 2.24) is 10.2 Å². The van der Waals surface area contributed by atoms with Crippen LogP contribution in [0.3, 0.4) is 0 Å². The van der Waals surface area contributed by atoms with Gasteiger partial charge in [-0.25, -0.2) is 4.79 Å². The van der Waals surface area contributed by atoms with Gasteiger partial charge in [-0.2, -0.15) is 0 Å². The minimum Gasteiger partial charge on any atom is -0.493 e. The molecule has 1 aliphatic rings. The molecule has 1 fully saturated rings. The molecule has 1 amide bonds. The molecule has 3 heterocycles. The molecule has 29 heavy (non-hydrogen) atoms. The number of hydrogen-bond acceptors (Lipinski definition) is 7. The van der Waals surface area contributed by atoms with E-state index in [-0.39, 0.29) is 11.6 Å². The fourth-order valence-corrected chi connectivity index (χ4v) is 3.50. The molecule has 1 aromatic carbocycles. The highest BCUT2D eigenvalue weighted by molar-refractivity contribution is 5.97. The molecule has 3 aromatic rings. The summed E-state index contributed by atoms with van der Waals surface area (Å²) < 4.78 is 21.5. The average molecular weight is 398 g/mol. The first kappa shape index (κ1) is 19.2. The van der Waals surface area contributed by atoms with E-state index in [1.54, 1.807) is 24.5 Å². The SMILES string of the molecule is COc1cccc2cc(C(=O)NCC(c3ccco3)N3CCOCC3)c(=O)oc12. The summed E-state index contributed by atoms with van der Waals surface area (Å²) in [7, 11) is 1.50.